The van der Waals surface area contributed by atoms with E-state index in [0.717, 1.165) is 5.56 Å². The zero-order valence-electron chi connectivity index (χ0n) is 12.6. The van der Waals surface area contributed by atoms with Crippen LogP contribution in [0.1, 0.15) is 19.7 Å². The quantitative estimate of drug-likeness (QED) is 0.636. The molecule has 1 heterocycles. The molecular weight excluding hydrogens is 335 g/mol. The SMILES string of the molecule is CC(C)(Oc1ccc(Cl)cc1)c1nc(-c2ccc(Cl)cc2)no1. The Bertz CT molecular complexity index is 796. The zero-order valence-corrected chi connectivity index (χ0v) is 14.1. The average molecular weight is 349 g/mol. The van der Waals surface area contributed by atoms with Gasteiger partial charge in [-0.05, 0) is 62.4 Å². The number of halogens is 2. The Labute approximate surface area is 144 Å². The molecule has 0 aliphatic heterocycles. The molecule has 118 valence electrons. The highest BCUT2D eigenvalue weighted by atomic mass is 35.5. The van der Waals surface area contributed by atoms with E-state index in [0.29, 0.717) is 27.5 Å². The van der Waals surface area contributed by atoms with Crippen molar-refractivity contribution >= 4 is 23.2 Å². The van der Waals surface area contributed by atoms with Gasteiger partial charge in [0.15, 0.2) is 5.60 Å². The summed E-state index contributed by atoms with van der Waals surface area (Å²) in [6.45, 7) is 3.72. The second kappa shape index (κ2) is 6.22. The highest BCUT2D eigenvalue weighted by Gasteiger charge is 2.30. The Morgan fingerprint density at radius 3 is 2.09 bits per heavy atom. The standard InChI is InChI=1S/C17H14Cl2N2O2/c1-17(2,22-14-9-7-13(19)8-10-14)16-20-15(21-23-16)11-3-5-12(18)6-4-11/h3-10H,1-2H3. The molecule has 0 N–H and O–H groups in total. The molecule has 0 atom stereocenters. The first-order chi connectivity index (χ1) is 10.9. The average Bonchev–Trinajstić information content (AvgIpc) is 3.01. The summed E-state index contributed by atoms with van der Waals surface area (Å²) in [4.78, 5) is 4.42. The van der Waals surface area contributed by atoms with E-state index >= 15 is 0 Å². The third-order valence-electron chi connectivity index (χ3n) is 3.23. The largest absolute Gasteiger partial charge is 0.478 e. The molecule has 0 amide bonds. The van der Waals surface area contributed by atoms with E-state index in [1.807, 2.05) is 26.0 Å². The Kier molecular flexibility index (Phi) is 4.28. The number of hydrogen-bond acceptors (Lipinski definition) is 4. The first-order valence-electron chi connectivity index (χ1n) is 6.99. The zero-order chi connectivity index (χ0) is 16.4. The van der Waals surface area contributed by atoms with Gasteiger partial charge in [0.1, 0.15) is 5.75 Å². The number of rotatable bonds is 4. The predicted octanol–water partition coefficient (Wildman–Crippen LogP) is 5.36. The van der Waals surface area contributed by atoms with Gasteiger partial charge in [-0.1, -0.05) is 28.4 Å². The van der Waals surface area contributed by atoms with Gasteiger partial charge in [0, 0.05) is 15.6 Å². The Hall–Kier alpha value is -2.04. The smallest absolute Gasteiger partial charge is 0.270 e. The maximum Gasteiger partial charge on any atom is 0.270 e. The van der Waals surface area contributed by atoms with Crippen molar-refractivity contribution in [2.45, 2.75) is 19.4 Å². The molecule has 0 spiro atoms. The molecule has 0 aliphatic carbocycles. The Balaban J connectivity index is 1.83. The van der Waals surface area contributed by atoms with E-state index in [9.17, 15) is 0 Å². The fourth-order valence-electron chi connectivity index (χ4n) is 2.03. The summed E-state index contributed by atoms with van der Waals surface area (Å²) in [5.74, 6) is 1.55. The van der Waals surface area contributed by atoms with Gasteiger partial charge in [-0.25, -0.2) is 0 Å². The van der Waals surface area contributed by atoms with Gasteiger partial charge < -0.3 is 9.26 Å². The second-order valence-electron chi connectivity index (χ2n) is 5.50. The van der Waals surface area contributed by atoms with Gasteiger partial charge >= 0.3 is 0 Å². The summed E-state index contributed by atoms with van der Waals surface area (Å²) >= 11 is 11.8. The minimum absolute atomic E-state index is 0.386. The van der Waals surface area contributed by atoms with Crippen LogP contribution in [0.25, 0.3) is 11.4 Å². The van der Waals surface area contributed by atoms with E-state index in [4.69, 9.17) is 32.5 Å². The summed E-state index contributed by atoms with van der Waals surface area (Å²) in [6, 6.07) is 14.3. The van der Waals surface area contributed by atoms with E-state index in [1.165, 1.54) is 0 Å². The van der Waals surface area contributed by atoms with Gasteiger partial charge in [-0.15, -0.1) is 0 Å². The molecule has 6 heteroatoms. The highest BCUT2D eigenvalue weighted by molar-refractivity contribution is 6.30. The summed E-state index contributed by atoms with van der Waals surface area (Å²) in [5, 5.41) is 5.32. The molecule has 0 bridgehead atoms. The van der Waals surface area contributed by atoms with Crippen LogP contribution in [0.3, 0.4) is 0 Å². The summed E-state index contributed by atoms with van der Waals surface area (Å²) in [6.07, 6.45) is 0. The van der Waals surface area contributed by atoms with Gasteiger partial charge in [0.05, 0.1) is 0 Å². The molecule has 3 rings (SSSR count). The van der Waals surface area contributed by atoms with Gasteiger partial charge in [0.25, 0.3) is 5.89 Å². The minimum Gasteiger partial charge on any atom is -0.478 e. The topological polar surface area (TPSA) is 48.2 Å². The third-order valence-corrected chi connectivity index (χ3v) is 3.73. The van der Waals surface area contributed by atoms with Crippen LogP contribution in [0.4, 0.5) is 0 Å². The number of benzene rings is 2. The maximum atomic E-state index is 5.94. The van der Waals surface area contributed by atoms with Crippen molar-refractivity contribution in [1.29, 1.82) is 0 Å². The molecule has 3 aromatic rings. The number of hydrogen-bond donors (Lipinski definition) is 0. The lowest BCUT2D eigenvalue weighted by atomic mass is 10.1. The second-order valence-corrected chi connectivity index (χ2v) is 6.37. The maximum absolute atomic E-state index is 5.94. The van der Waals surface area contributed by atoms with E-state index in [1.54, 1.807) is 36.4 Å². The lowest BCUT2D eigenvalue weighted by molar-refractivity contribution is 0.0692. The van der Waals surface area contributed by atoms with Crippen molar-refractivity contribution in [3.05, 3.63) is 64.5 Å². The first-order valence-corrected chi connectivity index (χ1v) is 7.74. The molecule has 0 radical (unpaired) electrons. The van der Waals surface area contributed by atoms with Gasteiger partial charge in [-0.2, -0.15) is 4.98 Å². The normalized spacial score (nSPS) is 11.5. The molecule has 0 aliphatic rings. The first kappa shape index (κ1) is 15.8. The molecule has 0 fully saturated rings. The Morgan fingerprint density at radius 1 is 0.913 bits per heavy atom. The van der Waals surface area contributed by atoms with Crippen molar-refractivity contribution in [1.82, 2.24) is 10.1 Å². The molecule has 0 saturated carbocycles. The van der Waals surface area contributed by atoms with Crippen LogP contribution in [-0.2, 0) is 5.60 Å². The van der Waals surface area contributed by atoms with Crippen LogP contribution in [-0.4, -0.2) is 10.1 Å². The molecular formula is C17H14Cl2N2O2. The van der Waals surface area contributed by atoms with Gasteiger partial charge in [0.2, 0.25) is 5.82 Å². The molecule has 23 heavy (non-hydrogen) atoms. The molecule has 2 aromatic carbocycles. The van der Waals surface area contributed by atoms with Crippen LogP contribution in [0.5, 0.6) is 5.75 Å². The minimum atomic E-state index is -0.772. The fraction of sp³-hybridized carbons (Fsp3) is 0.176. The lowest BCUT2D eigenvalue weighted by Crippen LogP contribution is -2.25. The van der Waals surface area contributed by atoms with Crippen LogP contribution < -0.4 is 4.74 Å². The summed E-state index contributed by atoms with van der Waals surface area (Å²) in [5.41, 5.74) is 0.0533. The predicted molar refractivity (Wildman–Crippen MR) is 89.9 cm³/mol. The van der Waals surface area contributed by atoms with Crippen molar-refractivity contribution in [2.24, 2.45) is 0 Å². The van der Waals surface area contributed by atoms with Gasteiger partial charge in [-0.3, -0.25) is 0 Å². The summed E-state index contributed by atoms with van der Waals surface area (Å²) < 4.78 is 11.3. The van der Waals surface area contributed by atoms with E-state index in [-0.39, 0.29) is 0 Å². The van der Waals surface area contributed by atoms with Crippen molar-refractivity contribution < 1.29 is 9.26 Å². The Morgan fingerprint density at radius 2 is 1.48 bits per heavy atom. The summed E-state index contributed by atoms with van der Waals surface area (Å²) in [7, 11) is 0. The molecule has 1 aromatic heterocycles. The number of ether oxygens (including phenoxy) is 1. The molecule has 4 nitrogen and oxygen atoms in total. The van der Waals surface area contributed by atoms with Crippen molar-refractivity contribution in [3.8, 4) is 17.1 Å². The number of nitrogens with zero attached hydrogens (tertiary/aromatic N) is 2. The fourth-order valence-corrected chi connectivity index (χ4v) is 2.28. The van der Waals surface area contributed by atoms with E-state index in [2.05, 4.69) is 10.1 Å². The molecule has 0 saturated heterocycles. The van der Waals surface area contributed by atoms with Crippen molar-refractivity contribution in [2.75, 3.05) is 0 Å². The highest BCUT2D eigenvalue weighted by Crippen LogP contribution is 2.29. The van der Waals surface area contributed by atoms with Crippen LogP contribution in [0, 0.1) is 0 Å². The lowest BCUT2D eigenvalue weighted by Gasteiger charge is -2.22. The molecule has 0 unspecified atom stereocenters. The monoisotopic (exact) mass is 348 g/mol. The van der Waals surface area contributed by atoms with E-state index < -0.39 is 5.60 Å². The van der Waals surface area contributed by atoms with Crippen LogP contribution in [0.15, 0.2) is 53.1 Å². The van der Waals surface area contributed by atoms with Crippen LogP contribution in [0.2, 0.25) is 10.0 Å². The van der Waals surface area contributed by atoms with Crippen molar-refractivity contribution in [3.63, 3.8) is 0 Å². The van der Waals surface area contributed by atoms with Crippen LogP contribution >= 0.6 is 23.2 Å². The number of aromatic nitrogens is 2. The third kappa shape index (κ3) is 3.66.